The Hall–Kier alpha value is -18.3. The van der Waals surface area contributed by atoms with E-state index in [2.05, 4.69) is 256 Å². The fourth-order valence-electron chi connectivity index (χ4n) is 25.7. The number of pyridine rings is 12. The summed E-state index contributed by atoms with van der Waals surface area (Å²) in [6.45, 7) is 0. The van der Waals surface area contributed by atoms with Crippen molar-refractivity contribution < 1.29 is 0 Å². The van der Waals surface area contributed by atoms with E-state index in [1.807, 2.05) is 122 Å². The van der Waals surface area contributed by atoms with E-state index in [9.17, 15) is 0 Å². The Balaban J connectivity index is 0.0000000829. The molecule has 16 heteroatoms. The second-order valence-corrected chi connectivity index (χ2v) is 38.8. The molecule has 0 bridgehead atoms. The Kier molecular flexibility index (Phi) is 14.9. The number of hydrogen-bond acceptors (Lipinski definition) is 12. The van der Waals surface area contributed by atoms with Crippen molar-refractivity contribution in [2.75, 3.05) is 0 Å². The molecular formula is C124H72N16. The lowest BCUT2D eigenvalue weighted by molar-refractivity contribution is 1.16. The van der Waals surface area contributed by atoms with Crippen LogP contribution in [-0.4, -0.2) is 77.4 Å². The first kappa shape index (κ1) is 75.1. The highest BCUT2D eigenvalue weighted by molar-refractivity contribution is 6.20. The van der Waals surface area contributed by atoms with Gasteiger partial charge in [0.05, 0.1) is 0 Å². The van der Waals surface area contributed by atoms with Crippen LogP contribution >= 0.6 is 0 Å². The standard InChI is InChI=1S/4C31H18N4/c1-2-6-20-17(5-1)14-25-21(20)10-9-18-13-19-15-24-22-7-3-11-32-29(22)35-30(26(24)16-23(19)28(18)25)34-27-8-4-12-33-31(27)35;1-2-6-19-17(5-1)13-24-20(19)9-10-21-23-16-27-26(15-18(23)14-25(21)24)22-7-3-11-32-29(22)35-30(27)34-28-8-4-12-33-31(28)35;1-2-6-20-17(5-1)13-18-9-10-21-23-16-26-24(14-19(23)15-25(21)28(18)20)22-7-3-11-32-29(22)35-30(26)34-27-8-4-12-33-31(27)35;1-2-6-21-17(5-1)11-18-14-24-19(13-23(18)21)12-20-15-26-22-7-3-9-32-29(22)35-30(27(26)16-25(20)24)34-28-8-4-10-33-31(28)35/h2*1-12,15-16H,13-14H2;1-12,14,16H,13,15H2;1-10,13-16H,11-12H2. The average Bonchev–Trinajstić information content (AvgIpc) is 1.55. The summed E-state index contributed by atoms with van der Waals surface area (Å²) >= 11 is 0. The molecule has 8 aliphatic carbocycles. The van der Waals surface area contributed by atoms with Crippen molar-refractivity contribution in [1.29, 1.82) is 0 Å². The van der Waals surface area contributed by atoms with E-state index in [1.54, 1.807) is 0 Å². The lowest BCUT2D eigenvalue weighted by Gasteiger charge is -2.12. The van der Waals surface area contributed by atoms with Crippen LogP contribution in [0.5, 0.6) is 0 Å². The highest BCUT2D eigenvalue weighted by Crippen LogP contribution is 2.55. The van der Waals surface area contributed by atoms with Gasteiger partial charge in [0.1, 0.15) is 67.2 Å². The number of hydrogen-bond donors (Lipinski definition) is 0. The maximum absolute atomic E-state index is 5.04. The zero-order valence-corrected chi connectivity index (χ0v) is 75.1. The van der Waals surface area contributed by atoms with Crippen molar-refractivity contribution in [1.82, 2.24) is 77.4 Å². The molecule has 0 fully saturated rings. The summed E-state index contributed by atoms with van der Waals surface area (Å²) in [6, 6.07) is 106. The first-order valence-corrected chi connectivity index (χ1v) is 48.2. The van der Waals surface area contributed by atoms with E-state index in [-0.39, 0.29) is 0 Å². The summed E-state index contributed by atoms with van der Waals surface area (Å²) < 4.78 is 8.48. The normalized spacial score (nSPS) is 13.5. The molecule has 28 aromatic rings. The molecule has 16 heterocycles. The predicted molar refractivity (Wildman–Crippen MR) is 559 cm³/mol. The molecule has 0 amide bonds. The Morgan fingerprint density at radius 3 is 0.821 bits per heavy atom. The zero-order chi connectivity index (χ0) is 90.7. The van der Waals surface area contributed by atoms with Crippen LogP contribution in [0.25, 0.3) is 243 Å². The van der Waals surface area contributed by atoms with Crippen molar-refractivity contribution in [3.8, 4) is 89.0 Å². The Morgan fingerprint density at radius 1 is 0.143 bits per heavy atom. The van der Waals surface area contributed by atoms with Crippen LogP contribution in [0, 0.1) is 0 Å². The number of benzene rings is 12. The average molecular weight is 1790 g/mol. The summed E-state index contributed by atoms with van der Waals surface area (Å²) in [5.74, 6) is 0. The van der Waals surface area contributed by atoms with Gasteiger partial charge >= 0.3 is 0 Å². The van der Waals surface area contributed by atoms with Crippen LogP contribution in [0.1, 0.15) is 89.0 Å². The van der Waals surface area contributed by atoms with E-state index >= 15 is 0 Å². The van der Waals surface area contributed by atoms with Crippen LogP contribution < -0.4 is 0 Å². The van der Waals surface area contributed by atoms with Gasteiger partial charge in [0.25, 0.3) is 0 Å². The maximum atomic E-state index is 5.04. The molecule has 12 aromatic carbocycles. The minimum Gasteiger partial charge on any atom is -0.260 e. The molecule has 16 aromatic heterocycles. The van der Waals surface area contributed by atoms with Gasteiger partial charge in [-0.3, -0.25) is 17.6 Å². The Bertz CT molecular complexity index is 10600. The van der Waals surface area contributed by atoms with E-state index in [1.165, 1.54) is 200 Å². The summed E-state index contributed by atoms with van der Waals surface area (Å²) in [7, 11) is 0. The van der Waals surface area contributed by atoms with Crippen molar-refractivity contribution in [2.45, 2.75) is 51.4 Å². The first-order valence-electron chi connectivity index (χ1n) is 48.2. The van der Waals surface area contributed by atoms with Crippen LogP contribution in [0.3, 0.4) is 0 Å². The molecule has 8 aliphatic rings. The number of rotatable bonds is 0. The molecule has 36 rings (SSSR count). The Morgan fingerprint density at radius 2 is 0.393 bits per heavy atom. The molecule has 0 unspecified atom stereocenters. The molecule has 648 valence electrons. The lowest BCUT2D eigenvalue weighted by Crippen LogP contribution is -1.96. The molecular weight excluding hydrogens is 1710 g/mol. The third kappa shape index (κ3) is 10.3. The summed E-state index contributed by atoms with van der Waals surface area (Å²) in [5.41, 5.74) is 59.2. The summed E-state index contributed by atoms with van der Waals surface area (Å²) in [5, 5.41) is 14.0. The third-order valence-electron chi connectivity index (χ3n) is 31.7. The van der Waals surface area contributed by atoms with Crippen LogP contribution in [0.2, 0.25) is 0 Å². The smallest absolute Gasteiger partial charge is 0.166 e. The van der Waals surface area contributed by atoms with Gasteiger partial charge in [-0.25, -0.2) is 59.8 Å². The number of imidazole rings is 4. The molecule has 0 saturated heterocycles. The molecule has 0 aliphatic heterocycles. The molecule has 0 atom stereocenters. The SMILES string of the molecule is c1ccc2c(c1)Cc1c-2ccc2c1-c1cc3c(cc1C2)c1cccnc1n1c2ncccc2nc31.c1ccc2c(c1)Cc1c-2ccc2c1Cc1cc3c4cccnc4n4c5ncccc5nc4c3cc1-2.c1ccc2c(c1)Cc1cc3c(cc1-2)Cc1cc2c4cccnc4n4c5ncccc5nc4c2cc1-3.c1ccc2c(c1)Cc1ccc3c(c1-2)Cc1cc2c4cccnc4n4c5ncccc5nc4c2cc1-3. The first-order chi connectivity index (χ1) is 69.4. The van der Waals surface area contributed by atoms with Gasteiger partial charge in [0, 0.05) is 92.7 Å². The van der Waals surface area contributed by atoms with Gasteiger partial charge in [-0.15, -0.1) is 0 Å². The zero-order valence-electron chi connectivity index (χ0n) is 75.1. The second kappa shape index (κ2) is 27.7. The molecule has 140 heavy (non-hydrogen) atoms. The van der Waals surface area contributed by atoms with Crippen molar-refractivity contribution in [3.05, 3.63) is 430 Å². The van der Waals surface area contributed by atoms with Crippen LogP contribution in [-0.2, 0) is 51.4 Å². The highest BCUT2D eigenvalue weighted by Gasteiger charge is 2.36. The lowest BCUT2D eigenvalue weighted by atomic mass is 9.94. The minimum atomic E-state index is 0.850. The topological polar surface area (TPSA) is 172 Å². The predicted octanol–water partition coefficient (Wildman–Crippen LogP) is 26.9. The van der Waals surface area contributed by atoms with Gasteiger partial charge in [-0.1, -0.05) is 133 Å². The highest BCUT2D eigenvalue weighted by atomic mass is 15.1. The van der Waals surface area contributed by atoms with Gasteiger partial charge in [-0.2, -0.15) is 0 Å². The van der Waals surface area contributed by atoms with E-state index in [4.69, 9.17) is 39.9 Å². The van der Waals surface area contributed by atoms with E-state index in [0.29, 0.717) is 0 Å². The largest absolute Gasteiger partial charge is 0.260 e. The van der Waals surface area contributed by atoms with Gasteiger partial charge < -0.3 is 0 Å². The third-order valence-corrected chi connectivity index (χ3v) is 31.7. The van der Waals surface area contributed by atoms with Crippen molar-refractivity contribution in [2.24, 2.45) is 0 Å². The molecule has 0 radical (unpaired) electrons. The molecule has 0 saturated carbocycles. The van der Waals surface area contributed by atoms with Crippen LogP contribution in [0.4, 0.5) is 0 Å². The molecule has 0 N–H and O–H groups in total. The van der Waals surface area contributed by atoms with Crippen molar-refractivity contribution in [3.63, 3.8) is 0 Å². The van der Waals surface area contributed by atoms with E-state index in [0.717, 1.165) is 184 Å². The van der Waals surface area contributed by atoms with Gasteiger partial charge in [-0.05, 0) is 409 Å². The maximum Gasteiger partial charge on any atom is 0.166 e. The quantitative estimate of drug-likeness (QED) is 0.132. The summed E-state index contributed by atoms with van der Waals surface area (Å²) in [4.78, 5) is 57.8. The number of fused-ring (bicyclic) bond motifs is 59. The second-order valence-electron chi connectivity index (χ2n) is 38.8. The minimum absolute atomic E-state index is 0.850. The molecule has 0 spiro atoms. The van der Waals surface area contributed by atoms with Crippen molar-refractivity contribution >= 4 is 154 Å². The van der Waals surface area contributed by atoms with Gasteiger partial charge in [0.2, 0.25) is 0 Å². The Labute approximate surface area is 796 Å². The van der Waals surface area contributed by atoms with Crippen LogP contribution in [0.15, 0.2) is 341 Å². The monoisotopic (exact) mass is 1780 g/mol. The number of nitrogens with zero attached hydrogens (tertiary/aromatic N) is 16. The van der Waals surface area contributed by atoms with E-state index < -0.39 is 0 Å². The number of aromatic nitrogens is 16. The fourth-order valence-corrected chi connectivity index (χ4v) is 25.7. The summed E-state index contributed by atoms with van der Waals surface area (Å²) in [6.07, 6.45) is 22.7. The van der Waals surface area contributed by atoms with Gasteiger partial charge in [0.15, 0.2) is 22.6 Å². The fraction of sp³-hybridized carbons (Fsp3) is 0.0645. The molecule has 16 nitrogen and oxygen atoms in total.